The first-order valence-corrected chi connectivity index (χ1v) is 15.3. The Bertz CT molecular complexity index is 1760. The third kappa shape index (κ3) is 8.97. The van der Waals surface area contributed by atoms with Crippen LogP contribution in [0.1, 0.15) is 11.1 Å². The van der Waals surface area contributed by atoms with Gasteiger partial charge in [0.1, 0.15) is 23.8 Å². The number of sulfonamides is 1. The van der Waals surface area contributed by atoms with Crippen LogP contribution in [0.25, 0.3) is 0 Å². The summed E-state index contributed by atoms with van der Waals surface area (Å²) in [5.74, 6) is 0.478. The SMILES string of the molecule is COc1ccc(NC(=O)COc2ccc(/C=N\NC(=O)CN(c3ccc(OC)c(Cl)c3)S(=O)(=O)c3ccc(C)cc3)cc2)cc1. The standard InChI is InChI=1S/C32H31ClN4O7S/c1-22-4-15-28(16-5-22)45(40,41)37(25-10-17-30(43-3)29(33)18-25)20-31(38)36-34-19-23-6-11-27(12-7-23)44-21-32(39)35-24-8-13-26(42-2)14-9-24/h4-19H,20-21H2,1-3H3,(H,35,39)(H,36,38)/b34-19-. The molecule has 4 aromatic rings. The molecule has 0 heterocycles. The van der Waals surface area contributed by atoms with E-state index in [-0.39, 0.29) is 28.1 Å². The van der Waals surface area contributed by atoms with Crippen LogP contribution >= 0.6 is 11.6 Å². The maximum Gasteiger partial charge on any atom is 0.264 e. The van der Waals surface area contributed by atoms with Gasteiger partial charge < -0.3 is 19.5 Å². The number of rotatable bonds is 13. The van der Waals surface area contributed by atoms with Crippen molar-refractivity contribution in [3.63, 3.8) is 0 Å². The van der Waals surface area contributed by atoms with Crippen molar-refractivity contribution in [1.82, 2.24) is 5.43 Å². The monoisotopic (exact) mass is 650 g/mol. The number of aryl methyl sites for hydroxylation is 1. The largest absolute Gasteiger partial charge is 0.497 e. The minimum absolute atomic E-state index is 0.0110. The Labute approximate surface area is 266 Å². The molecule has 4 aromatic carbocycles. The molecule has 234 valence electrons. The molecule has 0 spiro atoms. The van der Waals surface area contributed by atoms with Crippen LogP contribution in [0.2, 0.25) is 5.02 Å². The molecule has 13 heteroatoms. The molecule has 0 saturated carbocycles. The van der Waals surface area contributed by atoms with Crippen molar-refractivity contribution in [3.8, 4) is 17.2 Å². The van der Waals surface area contributed by atoms with Gasteiger partial charge in [0.05, 0.1) is 36.0 Å². The van der Waals surface area contributed by atoms with Gasteiger partial charge in [0, 0.05) is 5.69 Å². The van der Waals surface area contributed by atoms with Gasteiger partial charge >= 0.3 is 0 Å². The fourth-order valence-corrected chi connectivity index (χ4v) is 5.64. The summed E-state index contributed by atoms with van der Waals surface area (Å²) in [5, 5.41) is 6.87. The number of carbonyl (C=O) groups excluding carboxylic acids is 2. The van der Waals surface area contributed by atoms with Crippen LogP contribution in [0.3, 0.4) is 0 Å². The zero-order chi connectivity index (χ0) is 32.4. The molecule has 4 rings (SSSR count). The van der Waals surface area contributed by atoms with Gasteiger partial charge in [-0.15, -0.1) is 0 Å². The molecule has 0 aromatic heterocycles. The van der Waals surface area contributed by atoms with E-state index in [1.54, 1.807) is 67.8 Å². The summed E-state index contributed by atoms with van der Waals surface area (Å²) in [7, 11) is -1.14. The zero-order valence-corrected chi connectivity index (χ0v) is 26.3. The molecular weight excluding hydrogens is 620 g/mol. The Morgan fingerprint density at radius 2 is 1.53 bits per heavy atom. The van der Waals surface area contributed by atoms with Gasteiger partial charge in [-0.2, -0.15) is 5.10 Å². The fraction of sp³-hybridized carbons (Fsp3) is 0.156. The summed E-state index contributed by atoms with van der Waals surface area (Å²) in [5.41, 5.74) is 4.65. The van der Waals surface area contributed by atoms with Gasteiger partial charge in [-0.1, -0.05) is 29.3 Å². The topological polar surface area (TPSA) is 136 Å². The van der Waals surface area contributed by atoms with Crippen LogP contribution in [0, 0.1) is 6.92 Å². The van der Waals surface area contributed by atoms with Crippen LogP contribution in [0.5, 0.6) is 17.2 Å². The summed E-state index contributed by atoms with van der Waals surface area (Å²) in [6, 6.07) is 24.3. The Balaban J connectivity index is 1.36. The molecule has 0 unspecified atom stereocenters. The Hall–Kier alpha value is -5.07. The lowest BCUT2D eigenvalue weighted by Crippen LogP contribution is -2.39. The number of ether oxygens (including phenoxy) is 3. The zero-order valence-electron chi connectivity index (χ0n) is 24.7. The van der Waals surface area contributed by atoms with E-state index in [4.69, 9.17) is 25.8 Å². The van der Waals surface area contributed by atoms with Gasteiger partial charge in [-0.25, -0.2) is 13.8 Å². The van der Waals surface area contributed by atoms with Crippen molar-refractivity contribution in [1.29, 1.82) is 0 Å². The normalized spacial score (nSPS) is 11.1. The highest BCUT2D eigenvalue weighted by Crippen LogP contribution is 2.32. The minimum Gasteiger partial charge on any atom is -0.497 e. The lowest BCUT2D eigenvalue weighted by molar-refractivity contribution is -0.119. The van der Waals surface area contributed by atoms with E-state index in [9.17, 15) is 18.0 Å². The van der Waals surface area contributed by atoms with Crippen LogP contribution in [-0.4, -0.2) is 53.8 Å². The van der Waals surface area contributed by atoms with Crippen molar-refractivity contribution in [2.45, 2.75) is 11.8 Å². The van der Waals surface area contributed by atoms with E-state index in [1.807, 2.05) is 6.92 Å². The van der Waals surface area contributed by atoms with E-state index >= 15 is 0 Å². The molecule has 0 bridgehead atoms. The highest BCUT2D eigenvalue weighted by Gasteiger charge is 2.28. The summed E-state index contributed by atoms with van der Waals surface area (Å²) < 4.78 is 43.9. The first kappa shape index (κ1) is 32.8. The van der Waals surface area contributed by atoms with Gasteiger partial charge in [0.25, 0.3) is 21.8 Å². The highest BCUT2D eigenvalue weighted by molar-refractivity contribution is 7.92. The smallest absolute Gasteiger partial charge is 0.264 e. The summed E-state index contributed by atoms with van der Waals surface area (Å²) in [4.78, 5) is 25.1. The van der Waals surface area contributed by atoms with Gasteiger partial charge in [0.15, 0.2) is 6.61 Å². The van der Waals surface area contributed by atoms with Crippen molar-refractivity contribution in [3.05, 3.63) is 107 Å². The third-order valence-corrected chi connectivity index (χ3v) is 8.43. The number of methoxy groups -OCH3 is 2. The summed E-state index contributed by atoms with van der Waals surface area (Å²) in [6.45, 7) is 1.08. The average molecular weight is 651 g/mol. The number of hydrogen-bond donors (Lipinski definition) is 2. The molecule has 0 radical (unpaired) electrons. The van der Waals surface area contributed by atoms with E-state index < -0.39 is 22.5 Å². The van der Waals surface area contributed by atoms with Crippen LogP contribution in [0.4, 0.5) is 11.4 Å². The Morgan fingerprint density at radius 1 is 0.867 bits per heavy atom. The van der Waals surface area contributed by atoms with E-state index in [0.717, 1.165) is 9.87 Å². The maximum atomic E-state index is 13.6. The number of benzene rings is 4. The fourth-order valence-electron chi connectivity index (χ4n) is 3.98. The third-order valence-electron chi connectivity index (χ3n) is 6.35. The molecule has 0 fully saturated rings. The minimum atomic E-state index is -4.14. The quantitative estimate of drug-likeness (QED) is 0.153. The molecule has 0 aliphatic carbocycles. The number of hydrogen-bond acceptors (Lipinski definition) is 8. The molecule has 11 nitrogen and oxygen atoms in total. The van der Waals surface area contributed by atoms with Crippen LogP contribution in [-0.2, 0) is 19.6 Å². The second kappa shape index (κ2) is 15.1. The molecule has 45 heavy (non-hydrogen) atoms. The van der Waals surface area contributed by atoms with E-state index in [0.29, 0.717) is 28.5 Å². The van der Waals surface area contributed by atoms with Crippen molar-refractivity contribution in [2.75, 3.05) is 37.0 Å². The van der Waals surface area contributed by atoms with E-state index in [2.05, 4.69) is 15.8 Å². The second-order valence-corrected chi connectivity index (χ2v) is 11.8. The predicted molar refractivity (Wildman–Crippen MR) is 173 cm³/mol. The van der Waals surface area contributed by atoms with Crippen molar-refractivity contribution >= 4 is 51.0 Å². The molecule has 0 atom stereocenters. The molecule has 0 aliphatic heterocycles. The molecular formula is C32H31ClN4O7S. The average Bonchev–Trinajstić information content (AvgIpc) is 3.03. The number of hydrazone groups is 1. The lowest BCUT2D eigenvalue weighted by Gasteiger charge is -2.24. The molecule has 0 aliphatic rings. The first-order chi connectivity index (χ1) is 21.6. The Morgan fingerprint density at radius 3 is 2.16 bits per heavy atom. The summed E-state index contributed by atoms with van der Waals surface area (Å²) in [6.07, 6.45) is 1.39. The molecule has 0 saturated heterocycles. The van der Waals surface area contributed by atoms with Gasteiger partial charge in [-0.3, -0.25) is 13.9 Å². The van der Waals surface area contributed by atoms with Crippen LogP contribution in [0.15, 0.2) is 101 Å². The first-order valence-electron chi connectivity index (χ1n) is 13.5. The van der Waals surface area contributed by atoms with Gasteiger partial charge in [0.2, 0.25) is 0 Å². The number of anilines is 2. The maximum absolute atomic E-state index is 13.6. The molecule has 2 amide bonds. The number of nitrogens with zero attached hydrogens (tertiary/aromatic N) is 2. The molecule has 2 N–H and O–H groups in total. The number of nitrogens with one attached hydrogen (secondary N) is 2. The van der Waals surface area contributed by atoms with Crippen molar-refractivity contribution < 1.29 is 32.2 Å². The Kier molecular flexibility index (Phi) is 11.0. The van der Waals surface area contributed by atoms with Crippen LogP contribution < -0.4 is 29.3 Å². The predicted octanol–water partition coefficient (Wildman–Crippen LogP) is 5.03. The number of halogens is 1. The summed E-state index contributed by atoms with van der Waals surface area (Å²) >= 11 is 6.26. The highest BCUT2D eigenvalue weighted by atomic mass is 35.5. The van der Waals surface area contributed by atoms with Crippen molar-refractivity contribution in [2.24, 2.45) is 5.10 Å². The lowest BCUT2D eigenvalue weighted by atomic mass is 10.2. The van der Waals surface area contributed by atoms with E-state index in [1.165, 1.54) is 43.7 Å². The number of amides is 2. The second-order valence-electron chi connectivity index (χ2n) is 9.57. The number of carbonyl (C=O) groups is 2. The van der Waals surface area contributed by atoms with Gasteiger partial charge in [-0.05, 0) is 91.3 Å².